The molecule has 1 amide bonds. The summed E-state index contributed by atoms with van der Waals surface area (Å²) in [6.45, 7) is 1.89. The Labute approximate surface area is 181 Å². The molecule has 0 bridgehead atoms. The number of benzene rings is 3. The van der Waals surface area contributed by atoms with Gasteiger partial charge < -0.3 is 5.32 Å². The number of anilines is 1. The van der Waals surface area contributed by atoms with E-state index in [2.05, 4.69) is 31.4 Å². The number of hydrogen-bond donors (Lipinski definition) is 2. The number of amides is 1. The molecule has 4 aromatic rings. The molecule has 0 fully saturated rings. The van der Waals surface area contributed by atoms with Crippen LogP contribution in [0.3, 0.4) is 0 Å². The monoisotopic (exact) mass is 459 g/mol. The summed E-state index contributed by atoms with van der Waals surface area (Å²) in [5, 5.41) is 9.65. The summed E-state index contributed by atoms with van der Waals surface area (Å²) in [6.07, 6.45) is 0. The van der Waals surface area contributed by atoms with Gasteiger partial charge in [0.25, 0.3) is 11.5 Å². The van der Waals surface area contributed by atoms with Crippen LogP contribution in [0.5, 0.6) is 0 Å². The summed E-state index contributed by atoms with van der Waals surface area (Å²) in [5.41, 5.74) is 3.59. The van der Waals surface area contributed by atoms with Gasteiger partial charge in [-0.3, -0.25) is 9.59 Å². The molecule has 4 rings (SSSR count). The van der Waals surface area contributed by atoms with Gasteiger partial charge in [0.05, 0.1) is 5.69 Å². The molecule has 0 aliphatic heterocycles. The smallest absolute Gasteiger partial charge is 0.277 e. The predicted octanol–water partition coefficient (Wildman–Crippen LogP) is 5.43. The van der Waals surface area contributed by atoms with Gasteiger partial charge in [-0.25, -0.2) is 5.10 Å². The fraction of sp³-hybridized carbons (Fsp3) is 0.0417. The normalized spacial score (nSPS) is 10.6. The number of halogens is 1. The molecule has 0 saturated carbocycles. The van der Waals surface area contributed by atoms with Crippen molar-refractivity contribution in [2.24, 2.45) is 0 Å². The van der Waals surface area contributed by atoms with Crippen molar-refractivity contribution in [2.45, 2.75) is 6.92 Å². The number of aromatic nitrogens is 2. The fourth-order valence-electron chi connectivity index (χ4n) is 3.31. The summed E-state index contributed by atoms with van der Waals surface area (Å²) in [6, 6.07) is 24.4. The molecule has 1 aromatic heterocycles. The first-order valence-electron chi connectivity index (χ1n) is 9.35. The van der Waals surface area contributed by atoms with E-state index in [0.29, 0.717) is 16.9 Å². The van der Waals surface area contributed by atoms with E-state index < -0.39 is 11.5 Å². The van der Waals surface area contributed by atoms with Crippen LogP contribution < -0.4 is 10.9 Å². The molecule has 0 aliphatic carbocycles. The number of nitrogens with zero attached hydrogens (tertiary/aromatic N) is 1. The Hall–Kier alpha value is -3.51. The van der Waals surface area contributed by atoms with Crippen molar-refractivity contribution >= 4 is 27.5 Å². The second-order valence-corrected chi connectivity index (χ2v) is 7.71. The maximum absolute atomic E-state index is 13.3. The van der Waals surface area contributed by atoms with E-state index in [4.69, 9.17) is 0 Å². The maximum Gasteiger partial charge on any atom is 0.277 e. The molecular formula is C24H18BrN3O2. The lowest BCUT2D eigenvalue weighted by Crippen LogP contribution is -2.26. The van der Waals surface area contributed by atoms with E-state index in [1.165, 1.54) is 0 Å². The van der Waals surface area contributed by atoms with Gasteiger partial charge in [-0.1, -0.05) is 76.6 Å². The molecule has 148 valence electrons. The summed E-state index contributed by atoms with van der Waals surface area (Å²) in [4.78, 5) is 26.1. The van der Waals surface area contributed by atoms with Gasteiger partial charge in [-0.2, -0.15) is 5.10 Å². The number of hydrogen-bond acceptors (Lipinski definition) is 3. The maximum atomic E-state index is 13.3. The van der Waals surface area contributed by atoms with Crippen LogP contribution in [0.25, 0.3) is 22.4 Å². The number of carbonyl (C=O) groups is 1. The molecule has 0 saturated heterocycles. The first-order chi connectivity index (χ1) is 14.5. The van der Waals surface area contributed by atoms with Crippen molar-refractivity contribution in [1.29, 1.82) is 0 Å². The number of aryl methyl sites for hydroxylation is 1. The highest BCUT2D eigenvalue weighted by molar-refractivity contribution is 9.10. The average Bonchev–Trinajstić information content (AvgIpc) is 2.76. The Balaban J connectivity index is 1.90. The highest BCUT2D eigenvalue weighted by atomic mass is 79.9. The largest absolute Gasteiger partial charge is 0.322 e. The Kier molecular flexibility index (Phi) is 5.59. The zero-order chi connectivity index (χ0) is 21.1. The molecule has 3 aromatic carbocycles. The average molecular weight is 460 g/mol. The molecule has 0 aliphatic rings. The molecule has 0 unspecified atom stereocenters. The second-order valence-electron chi connectivity index (χ2n) is 6.80. The van der Waals surface area contributed by atoms with Crippen LogP contribution in [0.4, 0.5) is 5.69 Å². The van der Waals surface area contributed by atoms with Gasteiger partial charge in [0.2, 0.25) is 0 Å². The van der Waals surface area contributed by atoms with Crippen LogP contribution >= 0.6 is 15.9 Å². The third-order valence-corrected chi connectivity index (χ3v) is 5.25. The molecule has 0 spiro atoms. The van der Waals surface area contributed by atoms with Crippen LogP contribution in [0.15, 0.2) is 88.1 Å². The second kappa shape index (κ2) is 8.47. The van der Waals surface area contributed by atoms with E-state index in [1.54, 1.807) is 6.07 Å². The lowest BCUT2D eigenvalue weighted by molar-refractivity contribution is 0.102. The van der Waals surface area contributed by atoms with E-state index in [9.17, 15) is 9.59 Å². The van der Waals surface area contributed by atoms with Crippen molar-refractivity contribution in [3.63, 3.8) is 0 Å². The van der Waals surface area contributed by atoms with Gasteiger partial charge >= 0.3 is 0 Å². The van der Waals surface area contributed by atoms with Gasteiger partial charge in [0.1, 0.15) is 5.56 Å². The van der Waals surface area contributed by atoms with Crippen molar-refractivity contribution in [3.8, 4) is 22.4 Å². The van der Waals surface area contributed by atoms with Gasteiger partial charge in [-0.15, -0.1) is 0 Å². The third kappa shape index (κ3) is 3.95. The van der Waals surface area contributed by atoms with E-state index in [1.807, 2.05) is 79.7 Å². The molecule has 5 nitrogen and oxygen atoms in total. The van der Waals surface area contributed by atoms with Gasteiger partial charge in [0, 0.05) is 21.3 Å². The Bertz CT molecular complexity index is 1270. The number of nitrogens with one attached hydrogen (secondary N) is 2. The molecule has 1 heterocycles. The summed E-state index contributed by atoms with van der Waals surface area (Å²) in [5.74, 6) is -0.486. The van der Waals surface area contributed by atoms with Crippen LogP contribution in [0, 0.1) is 6.92 Å². The fourth-order valence-corrected chi connectivity index (χ4v) is 3.79. The van der Waals surface area contributed by atoms with Crippen molar-refractivity contribution in [2.75, 3.05) is 5.32 Å². The van der Waals surface area contributed by atoms with Crippen molar-refractivity contribution in [1.82, 2.24) is 10.2 Å². The van der Waals surface area contributed by atoms with Crippen LogP contribution in [-0.2, 0) is 0 Å². The molecule has 6 heteroatoms. The predicted molar refractivity (Wildman–Crippen MR) is 123 cm³/mol. The highest BCUT2D eigenvalue weighted by Crippen LogP contribution is 2.32. The lowest BCUT2D eigenvalue weighted by Gasteiger charge is -2.14. The Morgan fingerprint density at radius 3 is 2.20 bits per heavy atom. The number of H-pyrrole nitrogens is 1. The summed E-state index contributed by atoms with van der Waals surface area (Å²) >= 11 is 3.42. The summed E-state index contributed by atoms with van der Waals surface area (Å²) in [7, 11) is 0. The first kappa shape index (κ1) is 19.8. The Morgan fingerprint density at radius 2 is 1.57 bits per heavy atom. The van der Waals surface area contributed by atoms with Crippen molar-refractivity contribution < 1.29 is 4.79 Å². The molecule has 0 radical (unpaired) electrons. The standard InChI is InChI=1S/C24H18BrN3O2/c1-15-14-18(25)12-13-19(15)26-23(29)21-20(16-8-4-2-5-9-16)22(27-28-24(21)30)17-10-6-3-7-11-17/h2-14H,1H3,(H,26,29)(H,28,30). The van der Waals surface area contributed by atoms with Crippen LogP contribution in [0.2, 0.25) is 0 Å². The minimum atomic E-state index is -0.541. The zero-order valence-corrected chi connectivity index (χ0v) is 17.7. The van der Waals surface area contributed by atoms with Gasteiger partial charge in [0.15, 0.2) is 0 Å². The first-order valence-corrected chi connectivity index (χ1v) is 10.1. The zero-order valence-electron chi connectivity index (χ0n) is 16.1. The molecule has 30 heavy (non-hydrogen) atoms. The number of carbonyl (C=O) groups excluding carboxylic acids is 1. The van der Waals surface area contributed by atoms with E-state index in [-0.39, 0.29) is 5.56 Å². The van der Waals surface area contributed by atoms with Crippen LogP contribution in [0.1, 0.15) is 15.9 Å². The molecular weight excluding hydrogens is 442 g/mol. The third-order valence-electron chi connectivity index (χ3n) is 4.76. The SMILES string of the molecule is Cc1cc(Br)ccc1NC(=O)c1c(-c2ccccc2)c(-c2ccccc2)n[nH]c1=O. The lowest BCUT2D eigenvalue weighted by atomic mass is 9.95. The molecule has 0 atom stereocenters. The van der Waals surface area contributed by atoms with Crippen LogP contribution in [-0.4, -0.2) is 16.1 Å². The van der Waals surface area contributed by atoms with E-state index in [0.717, 1.165) is 21.2 Å². The quantitative estimate of drug-likeness (QED) is 0.427. The number of rotatable bonds is 4. The Morgan fingerprint density at radius 1 is 0.933 bits per heavy atom. The van der Waals surface area contributed by atoms with Crippen molar-refractivity contribution in [3.05, 3.63) is 105 Å². The minimum absolute atomic E-state index is 0.0253. The topological polar surface area (TPSA) is 74.8 Å². The molecule has 2 N–H and O–H groups in total. The van der Waals surface area contributed by atoms with Gasteiger partial charge in [-0.05, 0) is 36.2 Å². The summed E-state index contributed by atoms with van der Waals surface area (Å²) < 4.78 is 0.913. The number of aromatic amines is 1. The highest BCUT2D eigenvalue weighted by Gasteiger charge is 2.23. The minimum Gasteiger partial charge on any atom is -0.322 e. The van der Waals surface area contributed by atoms with E-state index >= 15 is 0 Å².